The Bertz CT molecular complexity index is 1820. The molecule has 1 saturated carbocycles. The Balaban J connectivity index is 1.37. The first-order valence-corrected chi connectivity index (χ1v) is 13.2. The van der Waals surface area contributed by atoms with Crippen molar-refractivity contribution in [2.24, 2.45) is 5.41 Å². The second-order valence-corrected chi connectivity index (χ2v) is 11.2. The van der Waals surface area contributed by atoms with Gasteiger partial charge in [0.2, 0.25) is 5.91 Å². The van der Waals surface area contributed by atoms with Crippen LogP contribution in [0.4, 0.5) is 33.6 Å². The van der Waals surface area contributed by atoms with Gasteiger partial charge in [0.15, 0.2) is 5.82 Å². The minimum absolute atomic E-state index is 0.00805. The second kappa shape index (κ2) is 9.29. The fourth-order valence-electron chi connectivity index (χ4n) is 5.13. The van der Waals surface area contributed by atoms with Crippen molar-refractivity contribution in [1.82, 2.24) is 34.7 Å². The summed E-state index contributed by atoms with van der Waals surface area (Å²) in [5.41, 5.74) is 4.39. The molecule has 12 nitrogen and oxygen atoms in total. The van der Waals surface area contributed by atoms with E-state index in [1.54, 1.807) is 0 Å². The number of anilines is 2. The predicted octanol–water partition coefficient (Wildman–Crippen LogP) is 4.03. The number of alkyl halides is 5. The van der Waals surface area contributed by atoms with Gasteiger partial charge in [-0.05, 0) is 38.0 Å². The first-order chi connectivity index (χ1) is 20.1. The number of carbonyl (C=O) groups is 2. The van der Waals surface area contributed by atoms with Crippen LogP contribution < -0.4 is 11.1 Å². The first kappa shape index (κ1) is 28.7. The van der Waals surface area contributed by atoms with Gasteiger partial charge in [0.25, 0.3) is 0 Å². The van der Waals surface area contributed by atoms with E-state index in [2.05, 4.69) is 30.7 Å². The van der Waals surface area contributed by atoms with Crippen LogP contribution in [0.25, 0.3) is 22.4 Å². The van der Waals surface area contributed by atoms with Crippen LogP contribution in [-0.2, 0) is 28.1 Å². The monoisotopic (exact) mass is 625 g/mol. The van der Waals surface area contributed by atoms with Gasteiger partial charge in [-0.15, -0.1) is 5.10 Å². The van der Waals surface area contributed by atoms with E-state index in [-0.39, 0.29) is 51.5 Å². The number of carboxylic acids is 1. The number of aryl methyl sites for hydroxylation is 1. The fraction of sp³-hybridized carbons (Fsp3) is 0.400. The molecule has 4 heterocycles. The molecule has 0 unspecified atom stereocenters. The number of halogens is 6. The fourth-order valence-corrected chi connectivity index (χ4v) is 5.30. The largest absolute Gasteiger partial charge is 0.481 e. The van der Waals surface area contributed by atoms with Gasteiger partial charge in [-0.3, -0.25) is 19.0 Å². The summed E-state index contributed by atoms with van der Waals surface area (Å²) < 4.78 is 68.0. The van der Waals surface area contributed by atoms with Gasteiger partial charge >= 0.3 is 18.1 Å². The zero-order valence-corrected chi connectivity index (χ0v) is 22.8. The Labute approximate surface area is 243 Å². The highest BCUT2D eigenvalue weighted by atomic mass is 35.5. The molecule has 18 heteroatoms. The lowest BCUT2D eigenvalue weighted by molar-refractivity contribution is -0.285. The summed E-state index contributed by atoms with van der Waals surface area (Å²) in [6.07, 6.45) is -4.87. The third-order valence-corrected chi connectivity index (χ3v) is 8.16. The van der Waals surface area contributed by atoms with Crippen LogP contribution in [0.1, 0.15) is 37.4 Å². The highest BCUT2D eigenvalue weighted by molar-refractivity contribution is 6.31. The molecule has 6 rings (SSSR count). The number of benzene rings is 1. The van der Waals surface area contributed by atoms with Crippen molar-refractivity contribution in [3.63, 3.8) is 0 Å². The minimum atomic E-state index is -5.74. The van der Waals surface area contributed by atoms with Crippen molar-refractivity contribution in [3.8, 4) is 11.5 Å². The maximum Gasteiger partial charge on any atom is 0.453 e. The number of aliphatic carboxylic acids is 1. The molecule has 0 spiro atoms. The molecule has 1 aliphatic heterocycles. The van der Waals surface area contributed by atoms with E-state index in [4.69, 9.17) is 17.3 Å². The summed E-state index contributed by atoms with van der Waals surface area (Å²) >= 11 is 6.06. The van der Waals surface area contributed by atoms with Crippen molar-refractivity contribution in [2.45, 2.75) is 56.8 Å². The molecule has 1 amide bonds. The molecule has 2 aliphatic rings. The molecule has 4 aromatic rings. The summed E-state index contributed by atoms with van der Waals surface area (Å²) in [6.45, 7) is 0.788. The molecule has 0 saturated heterocycles. The van der Waals surface area contributed by atoms with Gasteiger partial charge in [-0.2, -0.15) is 27.1 Å². The van der Waals surface area contributed by atoms with Gasteiger partial charge in [0, 0.05) is 29.6 Å². The van der Waals surface area contributed by atoms with E-state index < -0.39 is 47.8 Å². The summed E-state index contributed by atoms with van der Waals surface area (Å²) in [5.74, 6) is -6.74. The van der Waals surface area contributed by atoms with Crippen molar-refractivity contribution in [1.29, 1.82) is 0 Å². The van der Waals surface area contributed by atoms with Crippen molar-refractivity contribution in [2.75, 3.05) is 11.1 Å². The number of carboxylic acid groups (broad SMARTS) is 1. The Hall–Kier alpha value is -4.41. The summed E-state index contributed by atoms with van der Waals surface area (Å²) in [4.78, 5) is 33.6. The lowest BCUT2D eigenvalue weighted by atomic mass is 9.81. The Morgan fingerprint density at radius 2 is 1.93 bits per heavy atom. The van der Waals surface area contributed by atoms with Gasteiger partial charge < -0.3 is 16.2 Å². The standard InChI is InChI=1S/C25H21ClF5N9O3/c1-22(14-9-39(38-36-14)10-23(4-5-23)21(42)43)15-17(32)33-19(34-18(15)35-20(22)41)16-12-3-2-11(26)8-13(12)40(37-16)7-6-24(27,28)25(29,30)31/h2-3,8-9H,4-7,10H2,1H3,(H,42,43)(H3,32,33,34,35,41)/t22-/m1/s1. The van der Waals surface area contributed by atoms with E-state index >= 15 is 0 Å². The number of fused-ring (bicyclic) bond motifs is 2. The number of rotatable bonds is 8. The predicted molar refractivity (Wildman–Crippen MR) is 140 cm³/mol. The third-order valence-electron chi connectivity index (χ3n) is 7.92. The molecule has 1 aromatic carbocycles. The van der Waals surface area contributed by atoms with Gasteiger partial charge in [0.1, 0.15) is 28.4 Å². The zero-order valence-electron chi connectivity index (χ0n) is 22.1. The Kier molecular flexibility index (Phi) is 6.20. The number of nitrogen functional groups attached to an aromatic ring is 1. The van der Waals surface area contributed by atoms with Crippen LogP contribution in [0.3, 0.4) is 0 Å². The normalized spacial score (nSPS) is 19.5. The van der Waals surface area contributed by atoms with E-state index in [0.29, 0.717) is 18.2 Å². The second-order valence-electron chi connectivity index (χ2n) is 10.8. The minimum Gasteiger partial charge on any atom is -0.481 e. The Morgan fingerprint density at radius 1 is 1.21 bits per heavy atom. The number of carbonyl (C=O) groups excluding carboxylic acids is 1. The molecule has 43 heavy (non-hydrogen) atoms. The van der Waals surface area contributed by atoms with Crippen LogP contribution in [0, 0.1) is 5.41 Å². The van der Waals surface area contributed by atoms with Gasteiger partial charge in [0.05, 0.1) is 23.0 Å². The average molecular weight is 626 g/mol. The van der Waals surface area contributed by atoms with Crippen LogP contribution in [0.2, 0.25) is 5.02 Å². The van der Waals surface area contributed by atoms with Gasteiger partial charge in [-0.1, -0.05) is 16.8 Å². The van der Waals surface area contributed by atoms with Crippen LogP contribution in [0.5, 0.6) is 0 Å². The molecule has 1 fully saturated rings. The summed E-state index contributed by atoms with van der Waals surface area (Å²) in [7, 11) is 0. The molecule has 3 aromatic heterocycles. The maximum atomic E-state index is 13.7. The summed E-state index contributed by atoms with van der Waals surface area (Å²) in [5, 5.41) is 24.9. The number of nitrogens with one attached hydrogen (secondary N) is 1. The third kappa shape index (κ3) is 4.52. The van der Waals surface area contributed by atoms with E-state index in [0.717, 1.165) is 4.68 Å². The number of amides is 1. The SMILES string of the molecule is C[C@]1(c2cn(CC3(C(=O)O)CC3)nn2)C(=O)Nc2nc(-c3nn(CCC(F)(F)C(F)(F)F)c4cc(Cl)ccc34)nc(N)c21. The van der Waals surface area contributed by atoms with Crippen molar-refractivity contribution < 1.29 is 36.6 Å². The molecule has 4 N–H and O–H groups in total. The molecular weight excluding hydrogens is 605 g/mol. The smallest absolute Gasteiger partial charge is 0.453 e. The average Bonchev–Trinajstić information content (AvgIpc) is 3.27. The van der Waals surface area contributed by atoms with E-state index in [1.807, 2.05) is 0 Å². The van der Waals surface area contributed by atoms with Crippen molar-refractivity contribution in [3.05, 3.63) is 40.7 Å². The number of hydrogen-bond acceptors (Lipinski definition) is 8. The molecule has 1 atom stereocenters. The number of aromatic nitrogens is 7. The van der Waals surface area contributed by atoms with E-state index in [9.17, 15) is 36.6 Å². The van der Waals surface area contributed by atoms with Crippen LogP contribution in [-0.4, -0.2) is 63.8 Å². The van der Waals surface area contributed by atoms with E-state index in [1.165, 1.54) is 36.0 Å². The molecule has 1 aliphatic carbocycles. The maximum absolute atomic E-state index is 13.7. The van der Waals surface area contributed by atoms with Crippen molar-refractivity contribution >= 4 is 46.0 Å². The Morgan fingerprint density at radius 3 is 2.58 bits per heavy atom. The molecular formula is C25H21ClF5N9O3. The van der Waals surface area contributed by atoms with Crippen LogP contribution >= 0.6 is 11.6 Å². The quantitative estimate of drug-likeness (QED) is 0.245. The molecule has 226 valence electrons. The first-order valence-electron chi connectivity index (χ1n) is 12.8. The lowest BCUT2D eigenvalue weighted by Gasteiger charge is -2.19. The highest BCUT2D eigenvalue weighted by Crippen LogP contribution is 2.48. The molecule has 0 bridgehead atoms. The lowest BCUT2D eigenvalue weighted by Crippen LogP contribution is -2.37. The van der Waals surface area contributed by atoms with Gasteiger partial charge in [-0.25, -0.2) is 9.97 Å². The topological polar surface area (TPSA) is 167 Å². The highest BCUT2D eigenvalue weighted by Gasteiger charge is 2.57. The number of nitrogens with zero attached hydrogens (tertiary/aromatic N) is 7. The molecule has 0 radical (unpaired) electrons. The number of nitrogens with two attached hydrogens (primary N) is 1. The van der Waals surface area contributed by atoms with Crippen LogP contribution in [0.15, 0.2) is 24.4 Å². The zero-order chi connectivity index (χ0) is 31.1. The number of hydrogen-bond donors (Lipinski definition) is 3. The summed E-state index contributed by atoms with van der Waals surface area (Å²) in [6, 6.07) is 4.31.